The van der Waals surface area contributed by atoms with Gasteiger partial charge in [0.1, 0.15) is 6.33 Å². The number of nitrogens with zero attached hydrogens (tertiary/aromatic N) is 2. The molecule has 8 nitrogen and oxygen atoms in total. The molecular formula is C21H23N3O5. The van der Waals surface area contributed by atoms with E-state index in [1.165, 1.54) is 25.1 Å². The van der Waals surface area contributed by atoms with Gasteiger partial charge in [-0.25, -0.2) is 10.5 Å². The van der Waals surface area contributed by atoms with E-state index in [0.717, 1.165) is 5.56 Å². The second kappa shape index (κ2) is 8.95. The van der Waals surface area contributed by atoms with E-state index in [4.69, 9.17) is 14.3 Å². The van der Waals surface area contributed by atoms with E-state index in [1.54, 1.807) is 43.3 Å². The Kier molecular flexibility index (Phi) is 6.38. The summed E-state index contributed by atoms with van der Waals surface area (Å²) in [7, 11) is 3.06. The van der Waals surface area contributed by atoms with Gasteiger partial charge in [0.05, 0.1) is 23.2 Å². The summed E-state index contributed by atoms with van der Waals surface area (Å²) in [5.41, 5.74) is 5.13. The Morgan fingerprint density at radius 3 is 2.62 bits per heavy atom. The lowest BCUT2D eigenvalue weighted by Crippen LogP contribution is -2.25. The molecule has 0 aliphatic heterocycles. The van der Waals surface area contributed by atoms with Gasteiger partial charge < -0.3 is 9.47 Å². The van der Waals surface area contributed by atoms with Gasteiger partial charge in [-0.15, -0.1) is 0 Å². The van der Waals surface area contributed by atoms with Crippen molar-refractivity contribution in [3.8, 4) is 5.69 Å². The number of carbonyl (C=O) groups is 1. The summed E-state index contributed by atoms with van der Waals surface area (Å²) >= 11 is 0. The summed E-state index contributed by atoms with van der Waals surface area (Å²) in [5.74, 6) is -0.389. The topological polar surface area (TPSA) is 91.7 Å². The average Bonchev–Trinajstić information content (AvgIpc) is 2.74. The van der Waals surface area contributed by atoms with Crippen LogP contribution in [0.4, 0.5) is 0 Å². The van der Waals surface area contributed by atoms with Crippen LogP contribution in [-0.4, -0.2) is 36.3 Å². The number of rotatable bonds is 7. The number of aryl methyl sites for hydroxylation is 1. The first-order valence-corrected chi connectivity index (χ1v) is 9.10. The first-order chi connectivity index (χ1) is 14.0. The number of benzene rings is 2. The van der Waals surface area contributed by atoms with E-state index in [9.17, 15) is 9.59 Å². The Hall–Kier alpha value is -3.07. The van der Waals surface area contributed by atoms with Crippen molar-refractivity contribution in [2.24, 2.45) is 0 Å². The molecule has 1 N–H and O–H groups in total. The Morgan fingerprint density at radius 2 is 1.93 bits per heavy atom. The number of nitrogens with one attached hydrogen (secondary N) is 1. The SMILES string of the molecule is CCONC(=O)c1ccc(C)c(-n2cnc3ccc(C(OC)OC)cc3c2=O)c1. The van der Waals surface area contributed by atoms with Crippen LogP contribution in [0.3, 0.4) is 0 Å². The first-order valence-electron chi connectivity index (χ1n) is 9.10. The highest BCUT2D eigenvalue weighted by atomic mass is 16.7. The van der Waals surface area contributed by atoms with E-state index in [2.05, 4.69) is 10.5 Å². The van der Waals surface area contributed by atoms with Crippen molar-refractivity contribution in [2.75, 3.05) is 20.8 Å². The van der Waals surface area contributed by atoms with Crippen LogP contribution in [0, 0.1) is 6.92 Å². The number of carbonyl (C=O) groups excluding carboxylic acids is 1. The molecular weight excluding hydrogens is 374 g/mol. The zero-order chi connectivity index (χ0) is 21.0. The highest BCUT2D eigenvalue weighted by molar-refractivity contribution is 5.94. The predicted molar refractivity (Wildman–Crippen MR) is 108 cm³/mol. The maximum Gasteiger partial charge on any atom is 0.274 e. The third-order valence-electron chi connectivity index (χ3n) is 4.52. The van der Waals surface area contributed by atoms with Crippen LogP contribution < -0.4 is 11.0 Å². The number of amides is 1. The maximum atomic E-state index is 13.2. The van der Waals surface area contributed by atoms with Gasteiger partial charge in [-0.3, -0.25) is 19.0 Å². The largest absolute Gasteiger partial charge is 0.352 e. The maximum absolute atomic E-state index is 13.2. The van der Waals surface area contributed by atoms with Crippen LogP contribution >= 0.6 is 0 Å². The fourth-order valence-corrected chi connectivity index (χ4v) is 3.03. The molecule has 1 amide bonds. The van der Waals surface area contributed by atoms with Crippen molar-refractivity contribution in [3.63, 3.8) is 0 Å². The summed E-state index contributed by atoms with van der Waals surface area (Å²) in [6.07, 6.45) is 0.876. The molecule has 2 aromatic carbocycles. The molecule has 29 heavy (non-hydrogen) atoms. The lowest BCUT2D eigenvalue weighted by molar-refractivity contribution is -0.105. The molecule has 0 radical (unpaired) electrons. The second-order valence-corrected chi connectivity index (χ2v) is 6.37. The average molecular weight is 397 g/mol. The van der Waals surface area contributed by atoms with Crippen molar-refractivity contribution in [2.45, 2.75) is 20.1 Å². The molecule has 0 unspecified atom stereocenters. The lowest BCUT2D eigenvalue weighted by atomic mass is 10.1. The number of ether oxygens (including phenoxy) is 2. The van der Waals surface area contributed by atoms with Gasteiger partial charge in [0.15, 0.2) is 6.29 Å². The minimum atomic E-state index is -0.584. The van der Waals surface area contributed by atoms with Crippen LogP contribution in [0.25, 0.3) is 16.6 Å². The fraction of sp³-hybridized carbons (Fsp3) is 0.286. The zero-order valence-electron chi connectivity index (χ0n) is 16.8. The van der Waals surface area contributed by atoms with Crippen LogP contribution in [-0.2, 0) is 14.3 Å². The summed E-state index contributed by atoms with van der Waals surface area (Å²) in [6.45, 7) is 3.98. The van der Waals surface area contributed by atoms with Gasteiger partial charge in [-0.05, 0) is 43.7 Å². The van der Waals surface area contributed by atoms with Crippen molar-refractivity contribution < 1.29 is 19.1 Å². The van der Waals surface area contributed by atoms with Crippen LogP contribution in [0.15, 0.2) is 47.5 Å². The molecule has 0 fully saturated rings. The van der Waals surface area contributed by atoms with E-state index in [0.29, 0.717) is 34.3 Å². The number of hydrogen-bond acceptors (Lipinski definition) is 6. The number of hydroxylamine groups is 1. The van der Waals surface area contributed by atoms with Crippen LogP contribution in [0.2, 0.25) is 0 Å². The normalized spacial score (nSPS) is 11.2. The third-order valence-corrected chi connectivity index (χ3v) is 4.52. The van der Waals surface area contributed by atoms with Crippen LogP contribution in [0.5, 0.6) is 0 Å². The first kappa shape index (κ1) is 20.7. The summed E-state index contributed by atoms with van der Waals surface area (Å²) in [4.78, 5) is 34.8. The monoisotopic (exact) mass is 397 g/mol. The summed E-state index contributed by atoms with van der Waals surface area (Å²) in [6, 6.07) is 10.3. The molecule has 0 bridgehead atoms. The zero-order valence-corrected chi connectivity index (χ0v) is 16.8. The van der Waals surface area contributed by atoms with Gasteiger partial charge >= 0.3 is 0 Å². The Labute approximate surface area is 168 Å². The number of methoxy groups -OCH3 is 2. The predicted octanol–water partition coefficient (Wildman–Crippen LogP) is 2.67. The molecule has 0 saturated heterocycles. The molecule has 1 aromatic heterocycles. The van der Waals surface area contributed by atoms with E-state index in [1.807, 2.05) is 6.92 Å². The highest BCUT2D eigenvalue weighted by Gasteiger charge is 2.15. The Morgan fingerprint density at radius 1 is 1.17 bits per heavy atom. The Balaban J connectivity index is 2.11. The number of hydrogen-bond donors (Lipinski definition) is 1. The molecule has 0 aliphatic carbocycles. The van der Waals surface area contributed by atoms with Gasteiger partial charge in [-0.2, -0.15) is 0 Å². The molecule has 3 aromatic rings. The molecule has 152 valence electrons. The minimum Gasteiger partial charge on any atom is -0.352 e. The molecule has 0 spiro atoms. The molecule has 0 atom stereocenters. The molecule has 3 rings (SSSR count). The van der Waals surface area contributed by atoms with E-state index in [-0.39, 0.29) is 11.5 Å². The third kappa shape index (κ3) is 4.19. The van der Waals surface area contributed by atoms with Crippen molar-refractivity contribution in [3.05, 3.63) is 69.8 Å². The van der Waals surface area contributed by atoms with Crippen molar-refractivity contribution >= 4 is 16.8 Å². The highest BCUT2D eigenvalue weighted by Crippen LogP contribution is 2.21. The quantitative estimate of drug-likeness (QED) is 0.487. The van der Waals surface area contributed by atoms with Crippen molar-refractivity contribution in [1.82, 2.24) is 15.0 Å². The van der Waals surface area contributed by atoms with E-state index < -0.39 is 6.29 Å². The van der Waals surface area contributed by atoms with Gasteiger partial charge in [0.2, 0.25) is 0 Å². The van der Waals surface area contributed by atoms with Crippen LogP contribution in [0.1, 0.15) is 34.7 Å². The smallest absolute Gasteiger partial charge is 0.274 e. The molecule has 0 saturated carbocycles. The summed E-state index contributed by atoms with van der Waals surface area (Å²) in [5, 5.41) is 0.424. The molecule has 1 heterocycles. The van der Waals surface area contributed by atoms with Crippen molar-refractivity contribution in [1.29, 1.82) is 0 Å². The number of fused-ring (bicyclic) bond motifs is 1. The molecule has 0 aliphatic rings. The fourth-order valence-electron chi connectivity index (χ4n) is 3.03. The van der Waals surface area contributed by atoms with Gasteiger partial charge in [0.25, 0.3) is 11.5 Å². The molecule has 8 heteroatoms. The minimum absolute atomic E-state index is 0.256. The standard InChI is InChI=1S/C21H23N3O5/c1-5-29-23-19(25)14-7-6-13(2)18(11-14)24-12-22-17-9-8-15(21(27-3)28-4)10-16(17)20(24)26/h6-12,21H,5H2,1-4H3,(H,23,25). The number of aromatic nitrogens is 2. The Bertz CT molecular complexity index is 1090. The van der Waals surface area contributed by atoms with Gasteiger partial charge in [0, 0.05) is 25.3 Å². The lowest BCUT2D eigenvalue weighted by Gasteiger charge is -2.15. The van der Waals surface area contributed by atoms with Gasteiger partial charge in [-0.1, -0.05) is 12.1 Å². The summed E-state index contributed by atoms with van der Waals surface area (Å²) < 4.78 is 12.0. The van der Waals surface area contributed by atoms with E-state index >= 15 is 0 Å². The second-order valence-electron chi connectivity index (χ2n) is 6.37.